The highest BCUT2D eigenvalue weighted by atomic mass is 19.1. The lowest BCUT2D eigenvalue weighted by atomic mass is 10.0. The number of carbonyl (C=O) groups excluding carboxylic acids is 1. The van der Waals surface area contributed by atoms with Crippen LogP contribution < -0.4 is 10.6 Å². The fraction of sp³-hybridized carbons (Fsp3) is 0.133. The Balaban J connectivity index is 2.00. The molecular weight excluding hydrogens is 243 g/mol. The normalized spacial score (nSPS) is 17.4. The zero-order chi connectivity index (χ0) is 13.4. The SMILES string of the molecule is Cc1cc2c(cc1F)NC(=O)C(c1ccccc1)N2. The number of aryl methyl sites for hydroxylation is 1. The zero-order valence-corrected chi connectivity index (χ0v) is 10.4. The van der Waals surface area contributed by atoms with Gasteiger partial charge >= 0.3 is 0 Å². The summed E-state index contributed by atoms with van der Waals surface area (Å²) in [5, 5.41) is 5.89. The maximum absolute atomic E-state index is 13.5. The molecule has 1 heterocycles. The van der Waals surface area contributed by atoms with E-state index in [-0.39, 0.29) is 11.7 Å². The van der Waals surface area contributed by atoms with E-state index in [1.54, 1.807) is 13.0 Å². The van der Waals surface area contributed by atoms with Crippen LogP contribution in [0.25, 0.3) is 0 Å². The minimum atomic E-state index is -0.446. The van der Waals surface area contributed by atoms with Crippen molar-refractivity contribution >= 4 is 17.3 Å². The Morgan fingerprint density at radius 2 is 1.84 bits per heavy atom. The molecular formula is C15H13FN2O. The molecule has 0 fully saturated rings. The van der Waals surface area contributed by atoms with Crippen molar-refractivity contribution in [3.05, 3.63) is 59.4 Å². The van der Waals surface area contributed by atoms with E-state index in [2.05, 4.69) is 10.6 Å². The van der Waals surface area contributed by atoms with Crippen LogP contribution in [0, 0.1) is 12.7 Å². The molecule has 0 spiro atoms. The number of anilines is 2. The largest absolute Gasteiger partial charge is 0.368 e. The van der Waals surface area contributed by atoms with Gasteiger partial charge in [-0.25, -0.2) is 4.39 Å². The van der Waals surface area contributed by atoms with Crippen molar-refractivity contribution in [2.24, 2.45) is 0 Å². The highest BCUT2D eigenvalue weighted by Gasteiger charge is 2.27. The Morgan fingerprint density at radius 1 is 1.11 bits per heavy atom. The first-order chi connectivity index (χ1) is 9.15. The summed E-state index contributed by atoms with van der Waals surface area (Å²) in [6.45, 7) is 1.70. The molecule has 3 nitrogen and oxygen atoms in total. The molecule has 2 aromatic rings. The molecule has 1 atom stereocenters. The van der Waals surface area contributed by atoms with Crippen molar-refractivity contribution in [1.82, 2.24) is 0 Å². The minimum absolute atomic E-state index is 0.179. The summed E-state index contributed by atoms with van der Waals surface area (Å²) in [5.74, 6) is -0.499. The van der Waals surface area contributed by atoms with Crippen LogP contribution in [0.4, 0.5) is 15.8 Å². The fourth-order valence-corrected chi connectivity index (χ4v) is 2.21. The first kappa shape index (κ1) is 11.7. The van der Waals surface area contributed by atoms with Crippen LogP contribution in [0.3, 0.4) is 0 Å². The molecule has 2 N–H and O–H groups in total. The number of fused-ring (bicyclic) bond motifs is 1. The third-order valence-corrected chi connectivity index (χ3v) is 3.25. The third kappa shape index (κ3) is 2.05. The monoisotopic (exact) mass is 256 g/mol. The van der Waals surface area contributed by atoms with E-state index < -0.39 is 6.04 Å². The summed E-state index contributed by atoms with van der Waals surface area (Å²) >= 11 is 0. The van der Waals surface area contributed by atoms with Crippen molar-refractivity contribution in [2.75, 3.05) is 10.6 Å². The van der Waals surface area contributed by atoms with Gasteiger partial charge in [0.1, 0.15) is 11.9 Å². The highest BCUT2D eigenvalue weighted by molar-refractivity contribution is 6.03. The van der Waals surface area contributed by atoms with Gasteiger partial charge in [-0.3, -0.25) is 4.79 Å². The van der Waals surface area contributed by atoms with E-state index in [0.717, 1.165) is 11.3 Å². The predicted octanol–water partition coefficient (Wildman–Crippen LogP) is 3.24. The van der Waals surface area contributed by atoms with E-state index in [4.69, 9.17) is 0 Å². The average Bonchev–Trinajstić information content (AvgIpc) is 2.41. The standard InChI is InChI=1S/C15H13FN2O/c1-9-7-12-13(8-11(9)16)18-15(19)14(17-12)10-5-3-2-4-6-10/h2-8,14,17H,1H3,(H,18,19). The maximum atomic E-state index is 13.5. The molecule has 96 valence electrons. The molecule has 0 aliphatic carbocycles. The zero-order valence-electron chi connectivity index (χ0n) is 10.4. The molecule has 1 aliphatic heterocycles. The lowest BCUT2D eigenvalue weighted by Crippen LogP contribution is -2.32. The summed E-state index contributed by atoms with van der Waals surface area (Å²) in [5.41, 5.74) is 2.66. The van der Waals surface area contributed by atoms with Gasteiger partial charge in [0.05, 0.1) is 11.4 Å². The van der Waals surface area contributed by atoms with Gasteiger partial charge < -0.3 is 10.6 Å². The Bertz CT molecular complexity index is 640. The predicted molar refractivity (Wildman–Crippen MR) is 72.6 cm³/mol. The van der Waals surface area contributed by atoms with Crippen LogP contribution in [0.5, 0.6) is 0 Å². The number of hydrogen-bond acceptors (Lipinski definition) is 2. The van der Waals surface area contributed by atoms with Crippen LogP contribution in [-0.4, -0.2) is 5.91 Å². The van der Waals surface area contributed by atoms with Crippen LogP contribution in [0.1, 0.15) is 17.2 Å². The average molecular weight is 256 g/mol. The summed E-state index contributed by atoms with van der Waals surface area (Å²) in [6.07, 6.45) is 0. The molecule has 0 bridgehead atoms. The third-order valence-electron chi connectivity index (χ3n) is 3.25. The van der Waals surface area contributed by atoms with Crippen molar-refractivity contribution in [1.29, 1.82) is 0 Å². The summed E-state index contributed by atoms with van der Waals surface area (Å²) in [6, 6.07) is 12.1. The lowest BCUT2D eigenvalue weighted by molar-refractivity contribution is -0.117. The summed E-state index contributed by atoms with van der Waals surface area (Å²) in [7, 11) is 0. The number of rotatable bonds is 1. The van der Waals surface area contributed by atoms with Gasteiger partial charge in [0.15, 0.2) is 0 Å². The molecule has 0 aromatic heterocycles. The topological polar surface area (TPSA) is 41.1 Å². The van der Waals surface area contributed by atoms with Crippen molar-refractivity contribution in [3.8, 4) is 0 Å². The molecule has 0 radical (unpaired) electrons. The minimum Gasteiger partial charge on any atom is -0.368 e. The second-order valence-electron chi connectivity index (χ2n) is 4.62. The summed E-state index contributed by atoms with van der Waals surface area (Å²) in [4.78, 5) is 12.1. The number of carbonyl (C=O) groups is 1. The van der Waals surface area contributed by atoms with Crippen LogP contribution in [-0.2, 0) is 4.79 Å². The Morgan fingerprint density at radius 3 is 2.58 bits per heavy atom. The second-order valence-corrected chi connectivity index (χ2v) is 4.62. The van der Waals surface area contributed by atoms with Gasteiger partial charge in [0, 0.05) is 0 Å². The van der Waals surface area contributed by atoms with Gasteiger partial charge in [-0.2, -0.15) is 0 Å². The fourth-order valence-electron chi connectivity index (χ4n) is 2.21. The molecule has 1 aliphatic rings. The quantitative estimate of drug-likeness (QED) is 0.822. The van der Waals surface area contributed by atoms with E-state index in [1.165, 1.54) is 6.07 Å². The number of hydrogen-bond donors (Lipinski definition) is 2. The Hall–Kier alpha value is -2.36. The summed E-state index contributed by atoms with van der Waals surface area (Å²) < 4.78 is 13.5. The van der Waals surface area contributed by atoms with Crippen molar-refractivity contribution in [3.63, 3.8) is 0 Å². The van der Waals surface area contributed by atoms with E-state index in [0.29, 0.717) is 11.3 Å². The van der Waals surface area contributed by atoms with E-state index >= 15 is 0 Å². The van der Waals surface area contributed by atoms with E-state index in [9.17, 15) is 9.18 Å². The molecule has 4 heteroatoms. The molecule has 19 heavy (non-hydrogen) atoms. The molecule has 3 rings (SSSR count). The number of amides is 1. The smallest absolute Gasteiger partial charge is 0.251 e. The molecule has 2 aromatic carbocycles. The van der Waals surface area contributed by atoms with Crippen LogP contribution >= 0.6 is 0 Å². The van der Waals surface area contributed by atoms with Gasteiger partial charge in [-0.05, 0) is 30.2 Å². The van der Waals surface area contributed by atoms with E-state index in [1.807, 2.05) is 30.3 Å². The number of halogens is 1. The first-order valence-electron chi connectivity index (χ1n) is 6.07. The molecule has 1 unspecified atom stereocenters. The Labute approximate surface area is 110 Å². The van der Waals surface area contributed by atoms with Crippen molar-refractivity contribution < 1.29 is 9.18 Å². The van der Waals surface area contributed by atoms with Crippen molar-refractivity contribution in [2.45, 2.75) is 13.0 Å². The van der Waals surface area contributed by atoms with Crippen LogP contribution in [0.2, 0.25) is 0 Å². The van der Waals surface area contributed by atoms with Gasteiger partial charge in [-0.1, -0.05) is 30.3 Å². The second kappa shape index (κ2) is 4.39. The van der Waals surface area contributed by atoms with Gasteiger partial charge in [-0.15, -0.1) is 0 Å². The number of benzene rings is 2. The number of nitrogens with one attached hydrogen (secondary N) is 2. The first-order valence-corrected chi connectivity index (χ1v) is 6.07. The highest BCUT2D eigenvalue weighted by Crippen LogP contribution is 2.33. The lowest BCUT2D eigenvalue weighted by Gasteiger charge is -2.27. The molecule has 0 saturated carbocycles. The molecule has 1 amide bonds. The Kier molecular flexibility index (Phi) is 2.71. The van der Waals surface area contributed by atoms with Gasteiger partial charge in [0.25, 0.3) is 5.91 Å². The van der Waals surface area contributed by atoms with Crippen LogP contribution in [0.15, 0.2) is 42.5 Å². The maximum Gasteiger partial charge on any atom is 0.251 e. The van der Waals surface area contributed by atoms with Gasteiger partial charge in [0.2, 0.25) is 0 Å². The molecule has 0 saturated heterocycles.